The van der Waals surface area contributed by atoms with E-state index in [4.69, 9.17) is 16.4 Å². The Morgan fingerprint density at radius 2 is 2.10 bits per heavy atom. The number of hydrogen-bond acceptors (Lipinski definition) is 2. The Balaban J connectivity index is 0.000000371. The highest BCUT2D eigenvalue weighted by atomic mass is 79.9. The number of rotatable bonds is 0. The smallest absolute Gasteiger partial charge is 0.129 e. The Morgan fingerprint density at radius 1 is 1.50 bits per heavy atom. The second-order valence-electron chi connectivity index (χ2n) is 1.30. The predicted octanol–water partition coefficient (Wildman–Crippen LogP) is 2.31. The number of aromatic nitrogens is 1. The van der Waals surface area contributed by atoms with Crippen LogP contribution in [0.3, 0.4) is 0 Å². The first kappa shape index (κ1) is 9.59. The predicted molar refractivity (Wildman–Crippen MR) is 44.1 cm³/mol. The lowest BCUT2D eigenvalue weighted by molar-refractivity contribution is -0.0979. The van der Waals surface area contributed by atoms with Gasteiger partial charge < -0.3 is 4.79 Å². The van der Waals surface area contributed by atoms with Crippen molar-refractivity contribution in [3.8, 4) is 0 Å². The molecule has 1 aromatic rings. The van der Waals surface area contributed by atoms with Gasteiger partial charge in [-0.15, -0.1) is 0 Å². The van der Waals surface area contributed by atoms with Crippen LogP contribution in [0.4, 0.5) is 0 Å². The molecule has 10 heavy (non-hydrogen) atoms. The first-order valence-corrected chi connectivity index (χ1v) is 3.52. The Kier molecular flexibility index (Phi) is 5.16. The number of nitrogens with zero attached hydrogens (tertiary/aromatic N) is 1. The molecule has 0 saturated heterocycles. The number of carbonyl (C=O) groups excluding carboxylic acids is 1. The van der Waals surface area contributed by atoms with Crippen LogP contribution in [-0.4, -0.2) is 11.8 Å². The van der Waals surface area contributed by atoms with E-state index in [-0.39, 0.29) is 0 Å². The lowest BCUT2D eigenvalue weighted by Crippen LogP contribution is -1.69. The molecule has 0 aliphatic heterocycles. The molecule has 4 heteroatoms. The lowest BCUT2D eigenvalue weighted by atomic mass is 10.5. The quantitative estimate of drug-likeness (QED) is 0.631. The zero-order chi connectivity index (χ0) is 7.98. The maximum absolute atomic E-state index is 8.00. The Morgan fingerprint density at radius 3 is 2.40 bits per heavy atom. The molecule has 0 radical (unpaired) electrons. The van der Waals surface area contributed by atoms with Gasteiger partial charge in [0.25, 0.3) is 0 Å². The first-order chi connectivity index (χ1) is 4.79. The summed E-state index contributed by atoms with van der Waals surface area (Å²) in [5, 5.41) is 0.521. The molecule has 1 heterocycles. The van der Waals surface area contributed by atoms with E-state index in [2.05, 4.69) is 20.9 Å². The summed E-state index contributed by atoms with van der Waals surface area (Å²) in [6, 6.07) is 3.57. The van der Waals surface area contributed by atoms with Crippen molar-refractivity contribution in [2.45, 2.75) is 0 Å². The van der Waals surface area contributed by atoms with Gasteiger partial charge in [0.1, 0.15) is 11.9 Å². The second kappa shape index (κ2) is 5.38. The highest BCUT2D eigenvalue weighted by Crippen LogP contribution is 2.09. The SMILES string of the molecule is C=O.Clc1ccc(Br)cn1. The Bertz CT molecular complexity index is 168. The summed E-state index contributed by atoms with van der Waals surface area (Å²) in [5.74, 6) is 0. The largest absolute Gasteiger partial charge is 0.307 e. The molecule has 0 amide bonds. The molecule has 54 valence electrons. The van der Waals surface area contributed by atoms with E-state index in [0.717, 1.165) is 4.47 Å². The van der Waals surface area contributed by atoms with Gasteiger partial charge in [-0.1, -0.05) is 11.6 Å². The van der Waals surface area contributed by atoms with E-state index < -0.39 is 0 Å². The highest BCUT2D eigenvalue weighted by molar-refractivity contribution is 9.10. The van der Waals surface area contributed by atoms with Crippen molar-refractivity contribution in [3.05, 3.63) is 28.0 Å². The molecule has 0 aliphatic rings. The number of halogens is 2. The highest BCUT2D eigenvalue weighted by Gasteiger charge is 1.84. The number of pyridine rings is 1. The van der Waals surface area contributed by atoms with E-state index in [9.17, 15) is 0 Å². The van der Waals surface area contributed by atoms with Crippen molar-refractivity contribution in [1.82, 2.24) is 4.98 Å². The summed E-state index contributed by atoms with van der Waals surface area (Å²) in [6.45, 7) is 2.00. The van der Waals surface area contributed by atoms with Gasteiger partial charge in [0.05, 0.1) is 0 Å². The topological polar surface area (TPSA) is 30.0 Å². The molecule has 0 atom stereocenters. The molecular weight excluding hydrogens is 217 g/mol. The Labute approximate surface area is 72.4 Å². The molecule has 0 fully saturated rings. The monoisotopic (exact) mass is 221 g/mol. The van der Waals surface area contributed by atoms with Crippen LogP contribution >= 0.6 is 27.5 Å². The third-order valence-electron chi connectivity index (χ3n) is 0.691. The van der Waals surface area contributed by atoms with Gasteiger partial charge in [-0.25, -0.2) is 4.98 Å². The third-order valence-corrected chi connectivity index (χ3v) is 1.38. The molecule has 0 N–H and O–H groups in total. The fraction of sp³-hybridized carbons (Fsp3) is 0. The summed E-state index contributed by atoms with van der Waals surface area (Å²) in [5.41, 5.74) is 0. The van der Waals surface area contributed by atoms with Crippen LogP contribution in [0.15, 0.2) is 22.8 Å². The van der Waals surface area contributed by atoms with Gasteiger partial charge in [-0.2, -0.15) is 0 Å². The van der Waals surface area contributed by atoms with E-state index in [1.54, 1.807) is 12.3 Å². The summed E-state index contributed by atoms with van der Waals surface area (Å²) < 4.78 is 0.946. The average Bonchev–Trinajstić information content (AvgIpc) is 2.00. The van der Waals surface area contributed by atoms with Crippen LogP contribution in [0.2, 0.25) is 5.15 Å². The minimum absolute atomic E-state index is 0.521. The normalized spacial score (nSPS) is 7.80. The summed E-state index contributed by atoms with van der Waals surface area (Å²) in [7, 11) is 0. The molecule has 0 spiro atoms. The Hall–Kier alpha value is -0.410. The molecule has 0 aliphatic carbocycles. The third kappa shape index (κ3) is 3.58. The van der Waals surface area contributed by atoms with Gasteiger partial charge in [-0.05, 0) is 28.1 Å². The van der Waals surface area contributed by atoms with Crippen molar-refractivity contribution in [2.75, 3.05) is 0 Å². The molecule has 0 aromatic carbocycles. The molecule has 1 aromatic heterocycles. The van der Waals surface area contributed by atoms with Crippen LogP contribution in [0.5, 0.6) is 0 Å². The lowest BCUT2D eigenvalue weighted by Gasteiger charge is -1.85. The van der Waals surface area contributed by atoms with E-state index >= 15 is 0 Å². The van der Waals surface area contributed by atoms with E-state index in [1.807, 2.05) is 12.9 Å². The first-order valence-electron chi connectivity index (χ1n) is 2.35. The molecule has 1 rings (SSSR count). The maximum atomic E-state index is 8.00. The molecule has 0 bridgehead atoms. The zero-order valence-electron chi connectivity index (χ0n) is 5.05. The fourth-order valence-electron chi connectivity index (χ4n) is 0.358. The van der Waals surface area contributed by atoms with Gasteiger partial charge in [0, 0.05) is 10.7 Å². The molecule has 2 nitrogen and oxygen atoms in total. The van der Waals surface area contributed by atoms with Gasteiger partial charge in [-0.3, -0.25) is 0 Å². The van der Waals surface area contributed by atoms with Crippen molar-refractivity contribution in [3.63, 3.8) is 0 Å². The molecule has 0 unspecified atom stereocenters. The van der Waals surface area contributed by atoms with E-state index in [1.165, 1.54) is 0 Å². The van der Waals surface area contributed by atoms with Crippen molar-refractivity contribution in [2.24, 2.45) is 0 Å². The number of hydrogen-bond donors (Lipinski definition) is 0. The van der Waals surface area contributed by atoms with Crippen LogP contribution in [0, 0.1) is 0 Å². The van der Waals surface area contributed by atoms with Crippen LogP contribution in [0.25, 0.3) is 0 Å². The van der Waals surface area contributed by atoms with Gasteiger partial charge in [0.2, 0.25) is 0 Å². The standard InChI is InChI=1S/C5H3BrClN.CH2O/c6-4-1-2-5(7)8-3-4;1-2/h1-3H;1H2. The van der Waals surface area contributed by atoms with Crippen LogP contribution < -0.4 is 0 Å². The zero-order valence-corrected chi connectivity index (χ0v) is 7.39. The average molecular weight is 222 g/mol. The minimum Gasteiger partial charge on any atom is -0.307 e. The van der Waals surface area contributed by atoms with Crippen LogP contribution in [0.1, 0.15) is 0 Å². The fourth-order valence-corrected chi connectivity index (χ4v) is 0.704. The minimum atomic E-state index is 0.521. The summed E-state index contributed by atoms with van der Waals surface area (Å²) in [4.78, 5) is 11.8. The van der Waals surface area contributed by atoms with Crippen molar-refractivity contribution in [1.29, 1.82) is 0 Å². The summed E-state index contributed by atoms with van der Waals surface area (Å²) in [6.07, 6.45) is 1.66. The summed E-state index contributed by atoms with van der Waals surface area (Å²) >= 11 is 8.70. The van der Waals surface area contributed by atoms with Crippen molar-refractivity contribution >= 4 is 34.3 Å². The molecular formula is C6H5BrClNO. The number of carbonyl (C=O) groups is 1. The van der Waals surface area contributed by atoms with Gasteiger partial charge >= 0.3 is 0 Å². The van der Waals surface area contributed by atoms with Crippen molar-refractivity contribution < 1.29 is 4.79 Å². The van der Waals surface area contributed by atoms with E-state index in [0.29, 0.717) is 5.15 Å². The molecule has 0 saturated carbocycles. The maximum Gasteiger partial charge on any atom is 0.129 e. The van der Waals surface area contributed by atoms with Crippen LogP contribution in [-0.2, 0) is 4.79 Å². The second-order valence-corrected chi connectivity index (χ2v) is 2.60. The van der Waals surface area contributed by atoms with Gasteiger partial charge in [0.15, 0.2) is 0 Å².